The van der Waals surface area contributed by atoms with Crippen molar-refractivity contribution >= 4 is 50.0 Å². The molecule has 2 aromatic carbocycles. The molecule has 0 atom stereocenters. The van der Waals surface area contributed by atoms with E-state index in [0.29, 0.717) is 16.3 Å². The van der Waals surface area contributed by atoms with Gasteiger partial charge in [-0.05, 0) is 58.4 Å². The molecule has 0 aliphatic carbocycles. The molecule has 104 valence electrons. The van der Waals surface area contributed by atoms with Crippen LogP contribution in [0, 0.1) is 0 Å². The van der Waals surface area contributed by atoms with Gasteiger partial charge in [0.25, 0.3) is 5.91 Å². The smallest absolute Gasteiger partial charge is 0.255 e. The molecule has 1 heterocycles. The van der Waals surface area contributed by atoms with Crippen molar-refractivity contribution in [2.75, 3.05) is 5.32 Å². The number of rotatable bonds is 2. The summed E-state index contributed by atoms with van der Waals surface area (Å²) in [6, 6.07) is 14.4. The minimum Gasteiger partial charge on any atom is -0.321 e. The zero-order chi connectivity index (χ0) is 14.8. The average Bonchev–Trinajstić information content (AvgIpc) is 2.49. The van der Waals surface area contributed by atoms with Crippen LogP contribution in [-0.2, 0) is 0 Å². The zero-order valence-electron chi connectivity index (χ0n) is 10.8. The highest BCUT2D eigenvalue weighted by Crippen LogP contribution is 2.26. The molecule has 0 bridgehead atoms. The molecular weight excluding hydrogens is 352 g/mol. The minimum atomic E-state index is -0.177. The van der Waals surface area contributed by atoms with Crippen LogP contribution in [-0.4, -0.2) is 10.9 Å². The van der Waals surface area contributed by atoms with Gasteiger partial charge in [-0.1, -0.05) is 17.7 Å². The lowest BCUT2D eigenvalue weighted by Gasteiger charge is -2.08. The standard InChI is InChI=1S/C16H10BrClN2O/c17-13-9-12(18)4-6-15(13)20-16(21)11-3-5-14-10(8-11)2-1-7-19-14/h1-9H,(H,20,21). The monoisotopic (exact) mass is 360 g/mol. The van der Waals surface area contributed by atoms with E-state index in [9.17, 15) is 4.79 Å². The molecule has 0 fully saturated rings. The number of benzene rings is 2. The van der Waals surface area contributed by atoms with Gasteiger partial charge in [-0.3, -0.25) is 9.78 Å². The lowest BCUT2D eigenvalue weighted by molar-refractivity contribution is 0.102. The highest BCUT2D eigenvalue weighted by molar-refractivity contribution is 9.10. The number of amides is 1. The van der Waals surface area contributed by atoms with Crippen LogP contribution in [0.5, 0.6) is 0 Å². The molecule has 0 aliphatic heterocycles. The van der Waals surface area contributed by atoms with Crippen LogP contribution in [0.4, 0.5) is 5.69 Å². The zero-order valence-corrected chi connectivity index (χ0v) is 13.1. The van der Waals surface area contributed by atoms with Gasteiger partial charge in [0.2, 0.25) is 0 Å². The maximum absolute atomic E-state index is 12.3. The molecule has 1 amide bonds. The molecule has 5 heteroatoms. The summed E-state index contributed by atoms with van der Waals surface area (Å²) < 4.78 is 0.741. The number of halogens is 2. The first-order chi connectivity index (χ1) is 10.1. The predicted octanol–water partition coefficient (Wildman–Crippen LogP) is 4.90. The summed E-state index contributed by atoms with van der Waals surface area (Å²) in [4.78, 5) is 16.5. The molecule has 3 rings (SSSR count). The summed E-state index contributed by atoms with van der Waals surface area (Å²) in [5, 5.41) is 4.39. The van der Waals surface area contributed by atoms with Crippen molar-refractivity contribution in [2.24, 2.45) is 0 Å². The molecule has 0 unspecified atom stereocenters. The van der Waals surface area contributed by atoms with E-state index in [1.54, 1.807) is 30.5 Å². The van der Waals surface area contributed by atoms with Gasteiger partial charge >= 0.3 is 0 Å². The van der Waals surface area contributed by atoms with Gasteiger partial charge in [0.1, 0.15) is 0 Å². The fraction of sp³-hybridized carbons (Fsp3) is 0. The third-order valence-electron chi connectivity index (χ3n) is 3.04. The summed E-state index contributed by atoms with van der Waals surface area (Å²) in [6.07, 6.45) is 1.73. The van der Waals surface area contributed by atoms with E-state index in [0.717, 1.165) is 15.4 Å². The van der Waals surface area contributed by atoms with Crippen molar-refractivity contribution in [2.45, 2.75) is 0 Å². The van der Waals surface area contributed by atoms with Gasteiger partial charge in [0, 0.05) is 26.6 Å². The highest BCUT2D eigenvalue weighted by atomic mass is 79.9. The first-order valence-electron chi connectivity index (χ1n) is 6.25. The van der Waals surface area contributed by atoms with E-state index >= 15 is 0 Å². The number of hydrogen-bond acceptors (Lipinski definition) is 2. The summed E-state index contributed by atoms with van der Waals surface area (Å²) in [5.74, 6) is -0.177. The molecule has 3 nitrogen and oxygen atoms in total. The van der Waals surface area contributed by atoms with Gasteiger partial charge in [-0.25, -0.2) is 0 Å². The van der Waals surface area contributed by atoms with Crippen molar-refractivity contribution in [1.29, 1.82) is 0 Å². The minimum absolute atomic E-state index is 0.177. The molecule has 0 aliphatic rings. The third-order valence-corrected chi connectivity index (χ3v) is 3.94. The van der Waals surface area contributed by atoms with Crippen molar-refractivity contribution in [3.05, 3.63) is 69.8 Å². The van der Waals surface area contributed by atoms with E-state index in [4.69, 9.17) is 11.6 Å². The third kappa shape index (κ3) is 3.06. The number of nitrogens with zero attached hydrogens (tertiary/aromatic N) is 1. The normalized spacial score (nSPS) is 10.6. The van der Waals surface area contributed by atoms with Crippen molar-refractivity contribution in [3.63, 3.8) is 0 Å². The Morgan fingerprint density at radius 2 is 2.00 bits per heavy atom. The van der Waals surface area contributed by atoms with E-state index in [1.807, 2.05) is 24.3 Å². The number of anilines is 1. The summed E-state index contributed by atoms with van der Waals surface area (Å²) in [5.41, 5.74) is 2.12. The Hall–Kier alpha value is -1.91. The molecule has 1 N–H and O–H groups in total. The number of pyridine rings is 1. The van der Waals surface area contributed by atoms with Crippen LogP contribution in [0.15, 0.2) is 59.2 Å². The fourth-order valence-electron chi connectivity index (χ4n) is 2.00. The van der Waals surface area contributed by atoms with Gasteiger partial charge in [-0.15, -0.1) is 0 Å². The van der Waals surface area contributed by atoms with E-state index in [1.165, 1.54) is 0 Å². The van der Waals surface area contributed by atoms with Crippen molar-refractivity contribution < 1.29 is 4.79 Å². The summed E-state index contributed by atoms with van der Waals surface area (Å²) in [6.45, 7) is 0. The maximum atomic E-state index is 12.3. The van der Waals surface area contributed by atoms with Crippen LogP contribution in [0.25, 0.3) is 10.9 Å². The second kappa shape index (κ2) is 5.84. The fourth-order valence-corrected chi connectivity index (χ4v) is 2.78. The van der Waals surface area contributed by atoms with E-state index in [2.05, 4.69) is 26.2 Å². The Balaban J connectivity index is 1.89. The lowest BCUT2D eigenvalue weighted by Crippen LogP contribution is -2.12. The van der Waals surface area contributed by atoms with Crippen LogP contribution >= 0.6 is 27.5 Å². The predicted molar refractivity (Wildman–Crippen MR) is 88.8 cm³/mol. The Morgan fingerprint density at radius 1 is 1.14 bits per heavy atom. The van der Waals surface area contributed by atoms with Crippen LogP contribution in [0.3, 0.4) is 0 Å². The Kier molecular flexibility index (Phi) is 3.90. The largest absolute Gasteiger partial charge is 0.321 e. The Labute approximate surface area is 135 Å². The van der Waals surface area contributed by atoms with E-state index < -0.39 is 0 Å². The molecule has 0 spiro atoms. The van der Waals surface area contributed by atoms with Crippen molar-refractivity contribution in [1.82, 2.24) is 4.98 Å². The van der Waals surface area contributed by atoms with Crippen LogP contribution < -0.4 is 5.32 Å². The second-order valence-electron chi connectivity index (χ2n) is 4.49. The quantitative estimate of drug-likeness (QED) is 0.705. The molecule has 0 radical (unpaired) electrons. The van der Waals surface area contributed by atoms with Gasteiger partial charge in [-0.2, -0.15) is 0 Å². The molecule has 21 heavy (non-hydrogen) atoms. The van der Waals surface area contributed by atoms with Crippen molar-refractivity contribution in [3.8, 4) is 0 Å². The molecule has 0 saturated carbocycles. The number of fused-ring (bicyclic) bond motifs is 1. The molecule has 1 aromatic heterocycles. The average molecular weight is 362 g/mol. The van der Waals surface area contributed by atoms with Gasteiger partial charge in [0.05, 0.1) is 11.2 Å². The summed E-state index contributed by atoms with van der Waals surface area (Å²) in [7, 11) is 0. The lowest BCUT2D eigenvalue weighted by atomic mass is 10.1. The SMILES string of the molecule is O=C(Nc1ccc(Cl)cc1Br)c1ccc2ncccc2c1. The topological polar surface area (TPSA) is 42.0 Å². The molecule has 3 aromatic rings. The number of nitrogens with one attached hydrogen (secondary N) is 1. The molecular formula is C16H10BrClN2O. The van der Waals surface area contributed by atoms with Gasteiger partial charge in [0.15, 0.2) is 0 Å². The first kappa shape index (κ1) is 14.0. The molecule has 0 saturated heterocycles. The first-order valence-corrected chi connectivity index (χ1v) is 7.42. The van der Waals surface area contributed by atoms with Crippen LogP contribution in [0.2, 0.25) is 5.02 Å². The maximum Gasteiger partial charge on any atom is 0.255 e. The highest BCUT2D eigenvalue weighted by Gasteiger charge is 2.09. The number of carbonyl (C=O) groups excluding carboxylic acids is 1. The Bertz CT molecular complexity index is 835. The number of carbonyl (C=O) groups is 1. The Morgan fingerprint density at radius 3 is 2.81 bits per heavy atom. The van der Waals surface area contributed by atoms with Crippen LogP contribution in [0.1, 0.15) is 10.4 Å². The second-order valence-corrected chi connectivity index (χ2v) is 5.78. The summed E-state index contributed by atoms with van der Waals surface area (Å²) >= 11 is 9.26. The van der Waals surface area contributed by atoms with Gasteiger partial charge < -0.3 is 5.32 Å². The van der Waals surface area contributed by atoms with E-state index in [-0.39, 0.29) is 5.91 Å². The number of hydrogen-bond donors (Lipinski definition) is 1. The number of aromatic nitrogens is 1.